The predicted octanol–water partition coefficient (Wildman–Crippen LogP) is 5.09. The van der Waals surface area contributed by atoms with E-state index in [0.29, 0.717) is 5.89 Å². The number of hydrogen-bond acceptors (Lipinski definition) is 5. The van der Waals surface area contributed by atoms with Crippen LogP contribution in [0.1, 0.15) is 17.5 Å². The molecular weight excluding hydrogens is 357 g/mol. The van der Waals surface area contributed by atoms with Crippen LogP contribution in [0.15, 0.2) is 83.3 Å². The first-order valence-electron chi connectivity index (χ1n) is 8.78. The number of ether oxygens (including phenoxy) is 1. The van der Waals surface area contributed by atoms with Gasteiger partial charge in [-0.25, -0.2) is 4.39 Å². The van der Waals surface area contributed by atoms with E-state index in [1.807, 2.05) is 54.6 Å². The zero-order chi connectivity index (χ0) is 19.3. The molecule has 1 aromatic heterocycles. The lowest BCUT2D eigenvalue weighted by Crippen LogP contribution is -2.12. The number of methoxy groups -OCH3 is 1. The summed E-state index contributed by atoms with van der Waals surface area (Å²) in [6, 6.07) is 23.2. The Labute approximate surface area is 161 Å². The van der Waals surface area contributed by atoms with Crippen molar-refractivity contribution in [2.45, 2.75) is 6.04 Å². The Balaban J connectivity index is 1.71. The lowest BCUT2D eigenvalue weighted by atomic mass is 10.1. The molecule has 0 unspecified atom stereocenters. The summed E-state index contributed by atoms with van der Waals surface area (Å²) in [6.45, 7) is 0. The van der Waals surface area contributed by atoms with Crippen LogP contribution in [-0.4, -0.2) is 17.3 Å². The van der Waals surface area contributed by atoms with Gasteiger partial charge in [0.2, 0.25) is 5.89 Å². The van der Waals surface area contributed by atoms with Gasteiger partial charge in [0.05, 0.1) is 12.7 Å². The van der Waals surface area contributed by atoms with E-state index in [-0.39, 0.29) is 11.5 Å². The fourth-order valence-electron chi connectivity index (χ4n) is 2.91. The summed E-state index contributed by atoms with van der Waals surface area (Å²) < 4.78 is 25.2. The molecule has 140 valence electrons. The number of aromatic nitrogens is 2. The Morgan fingerprint density at radius 1 is 0.929 bits per heavy atom. The van der Waals surface area contributed by atoms with Crippen molar-refractivity contribution in [2.75, 3.05) is 12.4 Å². The fourth-order valence-corrected chi connectivity index (χ4v) is 2.91. The summed E-state index contributed by atoms with van der Waals surface area (Å²) in [6.07, 6.45) is 0. The number of hydrogen-bond donors (Lipinski definition) is 1. The largest absolute Gasteiger partial charge is 0.497 e. The van der Waals surface area contributed by atoms with Crippen molar-refractivity contribution in [1.82, 2.24) is 10.2 Å². The molecule has 0 radical (unpaired) electrons. The summed E-state index contributed by atoms with van der Waals surface area (Å²) in [7, 11) is 1.62. The SMILES string of the molecule is COc1cccc(N[C@H](c2ccccc2)c2nnc(-c3ccccc3F)o2)c1. The molecule has 0 amide bonds. The van der Waals surface area contributed by atoms with Gasteiger partial charge in [-0.15, -0.1) is 10.2 Å². The van der Waals surface area contributed by atoms with Crippen LogP contribution in [0.5, 0.6) is 5.75 Å². The van der Waals surface area contributed by atoms with Crippen molar-refractivity contribution in [3.63, 3.8) is 0 Å². The highest BCUT2D eigenvalue weighted by atomic mass is 19.1. The number of nitrogens with one attached hydrogen (secondary N) is 1. The molecule has 1 heterocycles. The van der Waals surface area contributed by atoms with E-state index in [1.54, 1.807) is 25.3 Å². The van der Waals surface area contributed by atoms with Crippen molar-refractivity contribution in [2.24, 2.45) is 0 Å². The second kappa shape index (κ2) is 7.92. The van der Waals surface area contributed by atoms with Crippen LogP contribution in [0.25, 0.3) is 11.5 Å². The maximum atomic E-state index is 14.1. The molecule has 0 saturated heterocycles. The van der Waals surface area contributed by atoms with Gasteiger partial charge in [0, 0.05) is 11.8 Å². The topological polar surface area (TPSA) is 60.2 Å². The third-order valence-electron chi connectivity index (χ3n) is 4.31. The van der Waals surface area contributed by atoms with Crippen LogP contribution in [0.2, 0.25) is 0 Å². The van der Waals surface area contributed by atoms with E-state index in [9.17, 15) is 4.39 Å². The maximum absolute atomic E-state index is 14.1. The molecule has 1 atom stereocenters. The van der Waals surface area contributed by atoms with Crippen molar-refractivity contribution in [3.8, 4) is 17.2 Å². The Bertz CT molecular complexity index is 1070. The first-order valence-corrected chi connectivity index (χ1v) is 8.78. The average molecular weight is 375 g/mol. The van der Waals surface area contributed by atoms with Crippen LogP contribution in [0.3, 0.4) is 0 Å². The molecule has 0 aliphatic heterocycles. The van der Waals surface area contributed by atoms with E-state index in [4.69, 9.17) is 9.15 Å². The summed E-state index contributed by atoms with van der Waals surface area (Å²) in [5.74, 6) is 0.804. The molecule has 0 bridgehead atoms. The van der Waals surface area contributed by atoms with Gasteiger partial charge in [0.25, 0.3) is 5.89 Å². The molecule has 6 heteroatoms. The number of benzene rings is 3. The smallest absolute Gasteiger partial charge is 0.250 e. The zero-order valence-electron chi connectivity index (χ0n) is 15.2. The van der Waals surface area contributed by atoms with E-state index < -0.39 is 11.9 Å². The van der Waals surface area contributed by atoms with Gasteiger partial charge < -0.3 is 14.5 Å². The van der Waals surface area contributed by atoms with Crippen LogP contribution >= 0.6 is 0 Å². The normalized spacial score (nSPS) is 11.8. The Kier molecular flexibility index (Phi) is 5.01. The molecule has 0 aliphatic carbocycles. The van der Waals surface area contributed by atoms with Gasteiger partial charge in [0.1, 0.15) is 17.6 Å². The third-order valence-corrected chi connectivity index (χ3v) is 4.31. The van der Waals surface area contributed by atoms with Crippen LogP contribution in [0.4, 0.5) is 10.1 Å². The van der Waals surface area contributed by atoms with Gasteiger partial charge in [-0.1, -0.05) is 48.5 Å². The van der Waals surface area contributed by atoms with Gasteiger partial charge >= 0.3 is 0 Å². The van der Waals surface area contributed by atoms with E-state index in [1.165, 1.54) is 6.07 Å². The number of rotatable bonds is 6. The molecule has 5 nitrogen and oxygen atoms in total. The highest BCUT2D eigenvalue weighted by molar-refractivity contribution is 5.54. The molecule has 4 rings (SSSR count). The average Bonchev–Trinajstić information content (AvgIpc) is 3.23. The quantitative estimate of drug-likeness (QED) is 0.509. The molecule has 0 fully saturated rings. The number of nitrogens with zero attached hydrogens (tertiary/aromatic N) is 2. The monoisotopic (exact) mass is 375 g/mol. The third kappa shape index (κ3) is 3.71. The van der Waals surface area contributed by atoms with Gasteiger partial charge in [0.15, 0.2) is 0 Å². The molecule has 0 spiro atoms. The molecule has 0 aliphatic rings. The molecule has 4 aromatic rings. The van der Waals surface area contributed by atoms with Crippen molar-refractivity contribution in [3.05, 3.63) is 96.1 Å². The Morgan fingerprint density at radius 3 is 2.50 bits per heavy atom. The standard InChI is InChI=1S/C22H18FN3O2/c1-27-17-11-7-10-16(14-17)24-20(15-8-3-2-4-9-15)22-26-25-21(28-22)18-12-5-6-13-19(18)23/h2-14,20,24H,1H3/t20-/m1/s1. The lowest BCUT2D eigenvalue weighted by Gasteiger charge is -2.17. The maximum Gasteiger partial charge on any atom is 0.250 e. The molecule has 1 N–H and O–H groups in total. The Morgan fingerprint density at radius 2 is 1.71 bits per heavy atom. The lowest BCUT2D eigenvalue weighted by molar-refractivity contribution is 0.415. The van der Waals surface area contributed by atoms with E-state index >= 15 is 0 Å². The second-order valence-electron chi connectivity index (χ2n) is 6.15. The minimum atomic E-state index is -0.408. The molecule has 0 saturated carbocycles. The van der Waals surface area contributed by atoms with Crippen LogP contribution in [0, 0.1) is 5.82 Å². The first-order chi connectivity index (χ1) is 13.7. The predicted molar refractivity (Wildman–Crippen MR) is 105 cm³/mol. The summed E-state index contributed by atoms with van der Waals surface area (Å²) >= 11 is 0. The Hall–Kier alpha value is -3.67. The summed E-state index contributed by atoms with van der Waals surface area (Å²) in [5.41, 5.74) is 2.04. The fraction of sp³-hybridized carbons (Fsp3) is 0.0909. The highest BCUT2D eigenvalue weighted by Gasteiger charge is 2.22. The van der Waals surface area contributed by atoms with Crippen LogP contribution < -0.4 is 10.1 Å². The summed E-state index contributed by atoms with van der Waals surface area (Å²) in [4.78, 5) is 0. The van der Waals surface area contributed by atoms with Crippen molar-refractivity contribution in [1.29, 1.82) is 0 Å². The van der Waals surface area contributed by atoms with Gasteiger partial charge in [-0.05, 0) is 29.8 Å². The summed E-state index contributed by atoms with van der Waals surface area (Å²) in [5, 5.41) is 11.6. The minimum Gasteiger partial charge on any atom is -0.497 e. The molecule has 3 aromatic carbocycles. The van der Waals surface area contributed by atoms with E-state index in [0.717, 1.165) is 17.0 Å². The minimum absolute atomic E-state index is 0.140. The van der Waals surface area contributed by atoms with Crippen molar-refractivity contribution >= 4 is 5.69 Å². The van der Waals surface area contributed by atoms with Gasteiger partial charge in [-0.2, -0.15) is 0 Å². The van der Waals surface area contributed by atoms with Crippen LogP contribution in [-0.2, 0) is 0 Å². The second-order valence-corrected chi connectivity index (χ2v) is 6.15. The number of anilines is 1. The highest BCUT2D eigenvalue weighted by Crippen LogP contribution is 2.30. The van der Waals surface area contributed by atoms with Gasteiger partial charge in [-0.3, -0.25) is 0 Å². The zero-order valence-corrected chi connectivity index (χ0v) is 15.2. The van der Waals surface area contributed by atoms with Crippen molar-refractivity contribution < 1.29 is 13.5 Å². The van der Waals surface area contributed by atoms with E-state index in [2.05, 4.69) is 15.5 Å². The molecular formula is C22H18FN3O2. The number of halogens is 1. The molecule has 28 heavy (non-hydrogen) atoms. The first kappa shape index (κ1) is 17.7.